The molecule has 0 aliphatic carbocycles. The van der Waals surface area contributed by atoms with E-state index in [0.717, 1.165) is 0 Å². The van der Waals surface area contributed by atoms with Crippen LogP contribution in [0.3, 0.4) is 0 Å². The minimum Gasteiger partial charge on any atom is -0.381 e. The van der Waals surface area contributed by atoms with Crippen molar-refractivity contribution in [3.63, 3.8) is 0 Å². The lowest BCUT2D eigenvalue weighted by Crippen LogP contribution is -2.16. The molecule has 0 fully saturated rings. The summed E-state index contributed by atoms with van der Waals surface area (Å²) in [5.74, 6) is -2.36. The number of aryl methyl sites for hydroxylation is 1. The topological polar surface area (TPSA) is 68.0 Å². The van der Waals surface area contributed by atoms with Crippen LogP contribution in [0, 0.1) is 18.6 Å². The lowest BCUT2D eigenvalue weighted by molar-refractivity contribution is 0.102. The fourth-order valence-electron chi connectivity index (χ4n) is 1.61. The van der Waals surface area contributed by atoms with Crippen LogP contribution in [0.1, 0.15) is 15.9 Å². The number of pyridine rings is 1. The molecule has 2 aromatic rings. The van der Waals surface area contributed by atoms with Crippen LogP contribution in [0.5, 0.6) is 0 Å². The Morgan fingerprint density at radius 2 is 2.10 bits per heavy atom. The van der Waals surface area contributed by atoms with Crippen LogP contribution in [-0.4, -0.2) is 10.9 Å². The first-order chi connectivity index (χ1) is 9.40. The maximum atomic E-state index is 13.7. The van der Waals surface area contributed by atoms with Crippen LogP contribution in [-0.2, 0) is 0 Å². The molecular weight excluding hydrogens is 332 g/mol. The van der Waals surface area contributed by atoms with E-state index in [0.29, 0.717) is 11.3 Å². The number of carbonyl (C=O) groups is 1. The zero-order valence-electron chi connectivity index (χ0n) is 10.4. The van der Waals surface area contributed by atoms with Crippen LogP contribution in [0.15, 0.2) is 28.9 Å². The van der Waals surface area contributed by atoms with Crippen molar-refractivity contribution in [3.05, 3.63) is 51.6 Å². The molecule has 0 aliphatic rings. The van der Waals surface area contributed by atoms with Crippen molar-refractivity contribution in [3.8, 4) is 0 Å². The lowest BCUT2D eigenvalue weighted by Gasteiger charge is -2.10. The van der Waals surface area contributed by atoms with Crippen molar-refractivity contribution in [2.24, 2.45) is 0 Å². The van der Waals surface area contributed by atoms with E-state index >= 15 is 0 Å². The van der Waals surface area contributed by atoms with Crippen molar-refractivity contribution >= 4 is 33.3 Å². The maximum absolute atomic E-state index is 13.7. The second-order valence-electron chi connectivity index (χ2n) is 4.09. The molecule has 0 unspecified atom stereocenters. The highest BCUT2D eigenvalue weighted by molar-refractivity contribution is 9.10. The highest BCUT2D eigenvalue weighted by atomic mass is 79.9. The maximum Gasteiger partial charge on any atom is 0.258 e. The number of carbonyl (C=O) groups excluding carboxylic acids is 1. The van der Waals surface area contributed by atoms with Gasteiger partial charge in [-0.05, 0) is 46.6 Å². The molecule has 20 heavy (non-hydrogen) atoms. The number of hydrogen-bond acceptors (Lipinski definition) is 3. The fourth-order valence-corrected chi connectivity index (χ4v) is 1.95. The van der Waals surface area contributed by atoms with Gasteiger partial charge in [0.25, 0.3) is 5.91 Å². The highest BCUT2D eigenvalue weighted by Gasteiger charge is 2.16. The molecule has 1 heterocycles. The Morgan fingerprint density at radius 1 is 1.40 bits per heavy atom. The van der Waals surface area contributed by atoms with E-state index in [2.05, 4.69) is 26.2 Å². The van der Waals surface area contributed by atoms with Gasteiger partial charge in [-0.2, -0.15) is 0 Å². The van der Waals surface area contributed by atoms with Gasteiger partial charge in [0, 0.05) is 11.9 Å². The molecule has 0 spiro atoms. The molecule has 0 bridgehead atoms. The third kappa shape index (κ3) is 2.77. The summed E-state index contributed by atoms with van der Waals surface area (Å²) in [6.45, 7) is 1.63. The van der Waals surface area contributed by atoms with Gasteiger partial charge in [-0.1, -0.05) is 0 Å². The normalized spacial score (nSPS) is 10.4. The highest BCUT2D eigenvalue weighted by Crippen LogP contribution is 2.25. The van der Waals surface area contributed by atoms with E-state index in [9.17, 15) is 13.6 Å². The summed E-state index contributed by atoms with van der Waals surface area (Å²) in [6.07, 6.45) is 1.24. The summed E-state index contributed by atoms with van der Waals surface area (Å²) in [5, 5.41) is 2.50. The number of hydrogen-bond donors (Lipinski definition) is 2. The molecule has 1 amide bonds. The molecule has 0 saturated heterocycles. The molecular formula is C13H10BrF2N3O. The summed E-state index contributed by atoms with van der Waals surface area (Å²) in [7, 11) is 0. The predicted octanol–water partition coefficient (Wildman–Crippen LogP) is 3.27. The van der Waals surface area contributed by atoms with Gasteiger partial charge in [0.1, 0.15) is 5.82 Å². The molecule has 1 aromatic heterocycles. The van der Waals surface area contributed by atoms with E-state index in [1.54, 1.807) is 6.92 Å². The second-order valence-corrected chi connectivity index (χ2v) is 4.95. The van der Waals surface area contributed by atoms with Crippen LogP contribution in [0.2, 0.25) is 0 Å². The summed E-state index contributed by atoms with van der Waals surface area (Å²) in [5.41, 5.74) is 5.97. The Kier molecular flexibility index (Phi) is 3.99. The number of nitrogens with two attached hydrogens (primary N) is 1. The van der Waals surface area contributed by atoms with Crippen LogP contribution < -0.4 is 11.1 Å². The third-order valence-corrected chi connectivity index (χ3v) is 3.28. The minimum absolute atomic E-state index is 0.202. The molecule has 3 N–H and O–H groups in total. The zero-order valence-corrected chi connectivity index (χ0v) is 12.0. The van der Waals surface area contributed by atoms with Crippen LogP contribution >= 0.6 is 15.9 Å². The van der Waals surface area contributed by atoms with Crippen molar-refractivity contribution in [2.75, 3.05) is 11.1 Å². The molecule has 1 aromatic carbocycles. The average molecular weight is 342 g/mol. The molecule has 0 aliphatic heterocycles. The number of nitrogen functional groups attached to an aromatic ring is 1. The summed E-state index contributed by atoms with van der Waals surface area (Å²) >= 11 is 3.02. The smallest absolute Gasteiger partial charge is 0.258 e. The summed E-state index contributed by atoms with van der Waals surface area (Å²) in [4.78, 5) is 15.5. The molecule has 0 radical (unpaired) electrons. The number of nitrogens with zero attached hydrogens (tertiary/aromatic N) is 1. The van der Waals surface area contributed by atoms with Gasteiger partial charge in [0.2, 0.25) is 0 Å². The van der Waals surface area contributed by atoms with Gasteiger partial charge in [-0.15, -0.1) is 0 Å². The van der Waals surface area contributed by atoms with E-state index in [1.807, 2.05) is 0 Å². The van der Waals surface area contributed by atoms with Gasteiger partial charge in [0.05, 0.1) is 10.0 Å². The molecule has 4 nitrogen and oxygen atoms in total. The van der Waals surface area contributed by atoms with Crippen molar-refractivity contribution in [1.82, 2.24) is 4.98 Å². The molecule has 2 rings (SSSR count). The molecule has 7 heteroatoms. The lowest BCUT2D eigenvalue weighted by atomic mass is 10.1. The first kappa shape index (κ1) is 14.4. The number of amides is 1. The number of benzene rings is 1. The first-order valence-electron chi connectivity index (χ1n) is 5.57. The van der Waals surface area contributed by atoms with Gasteiger partial charge >= 0.3 is 0 Å². The SMILES string of the molecule is Cc1cc(F)c(Br)cc1NC(=O)c1ccnc(N)c1F. The Bertz CT molecular complexity index is 692. The summed E-state index contributed by atoms with van der Waals surface area (Å²) in [6, 6.07) is 3.89. The largest absolute Gasteiger partial charge is 0.381 e. The standard InChI is InChI=1S/C13H10BrF2N3O/c1-6-4-9(15)8(14)5-10(6)19-13(20)7-2-3-18-12(17)11(7)16/h2-5H,1H3,(H2,17,18)(H,19,20). The third-order valence-electron chi connectivity index (χ3n) is 2.68. The van der Waals surface area contributed by atoms with E-state index in [1.165, 1.54) is 24.4 Å². The quantitative estimate of drug-likeness (QED) is 0.880. The number of halogens is 3. The van der Waals surface area contributed by atoms with Crippen LogP contribution in [0.25, 0.3) is 0 Å². The zero-order chi connectivity index (χ0) is 14.9. The van der Waals surface area contributed by atoms with E-state index in [-0.39, 0.29) is 15.9 Å². The number of rotatable bonds is 2. The monoisotopic (exact) mass is 341 g/mol. The molecule has 0 atom stereocenters. The number of nitrogens with one attached hydrogen (secondary N) is 1. The molecule has 0 saturated carbocycles. The first-order valence-corrected chi connectivity index (χ1v) is 6.36. The molecule has 104 valence electrons. The predicted molar refractivity (Wildman–Crippen MR) is 75.4 cm³/mol. The Morgan fingerprint density at radius 3 is 2.80 bits per heavy atom. The Balaban J connectivity index is 2.33. The van der Waals surface area contributed by atoms with Gasteiger partial charge in [-0.25, -0.2) is 13.8 Å². The van der Waals surface area contributed by atoms with Crippen LogP contribution in [0.4, 0.5) is 20.3 Å². The van der Waals surface area contributed by atoms with Crippen molar-refractivity contribution in [2.45, 2.75) is 6.92 Å². The van der Waals surface area contributed by atoms with Crippen molar-refractivity contribution in [1.29, 1.82) is 0 Å². The summed E-state index contributed by atoms with van der Waals surface area (Å²) < 4.78 is 27.2. The Labute approximate surface area is 122 Å². The van der Waals surface area contributed by atoms with Crippen molar-refractivity contribution < 1.29 is 13.6 Å². The fraction of sp³-hybridized carbons (Fsp3) is 0.0769. The average Bonchev–Trinajstić information content (AvgIpc) is 2.39. The van der Waals surface area contributed by atoms with E-state index < -0.39 is 17.5 Å². The second kappa shape index (κ2) is 5.54. The van der Waals surface area contributed by atoms with Gasteiger partial charge < -0.3 is 11.1 Å². The number of anilines is 2. The Hall–Kier alpha value is -2.02. The van der Waals surface area contributed by atoms with Gasteiger partial charge in [-0.3, -0.25) is 4.79 Å². The van der Waals surface area contributed by atoms with E-state index in [4.69, 9.17) is 5.73 Å². The van der Waals surface area contributed by atoms with Gasteiger partial charge in [0.15, 0.2) is 11.6 Å². The number of aromatic nitrogens is 1. The minimum atomic E-state index is -0.885.